The van der Waals surface area contributed by atoms with Gasteiger partial charge in [-0.1, -0.05) is 0 Å². The SMILES string of the molecule is CC(C)(O)Cn1cc2cc(NC(=O)c3csc(-c4ccncc4)n3)c(-c3ccsc3)cc2n1. The van der Waals surface area contributed by atoms with Gasteiger partial charge < -0.3 is 10.4 Å². The molecule has 2 N–H and O–H groups in total. The first-order valence-corrected chi connectivity index (χ1v) is 12.1. The van der Waals surface area contributed by atoms with Crippen LogP contribution in [0.4, 0.5) is 5.69 Å². The van der Waals surface area contributed by atoms with Crippen LogP contribution in [0.2, 0.25) is 0 Å². The fraction of sp³-hybridized carbons (Fsp3) is 0.167. The second-order valence-electron chi connectivity index (χ2n) is 8.34. The van der Waals surface area contributed by atoms with Gasteiger partial charge in [0.05, 0.1) is 17.7 Å². The number of nitrogens with zero attached hydrogens (tertiary/aromatic N) is 4. The second kappa shape index (κ2) is 8.51. The lowest BCUT2D eigenvalue weighted by molar-refractivity contribution is 0.0580. The predicted molar refractivity (Wildman–Crippen MR) is 133 cm³/mol. The molecule has 0 unspecified atom stereocenters. The Kier molecular flexibility index (Phi) is 5.53. The zero-order valence-electron chi connectivity index (χ0n) is 18.0. The molecular formula is C24H21N5O2S2. The number of aromatic nitrogens is 4. The number of pyridine rings is 1. The van der Waals surface area contributed by atoms with E-state index in [-0.39, 0.29) is 5.91 Å². The van der Waals surface area contributed by atoms with Crippen LogP contribution in [0, 0.1) is 0 Å². The van der Waals surface area contributed by atoms with E-state index in [1.807, 2.05) is 47.3 Å². The van der Waals surface area contributed by atoms with Crippen molar-refractivity contribution in [3.8, 4) is 21.7 Å². The van der Waals surface area contributed by atoms with E-state index in [0.29, 0.717) is 17.9 Å². The average Bonchev–Trinajstić information content (AvgIpc) is 3.53. The highest BCUT2D eigenvalue weighted by Crippen LogP contribution is 2.34. The Hall–Kier alpha value is -3.40. The Morgan fingerprint density at radius 2 is 1.97 bits per heavy atom. The smallest absolute Gasteiger partial charge is 0.275 e. The Labute approximate surface area is 198 Å². The van der Waals surface area contributed by atoms with Crippen molar-refractivity contribution in [3.05, 3.63) is 70.8 Å². The number of rotatable bonds is 6. The summed E-state index contributed by atoms with van der Waals surface area (Å²) in [5, 5.41) is 25.3. The second-order valence-corrected chi connectivity index (χ2v) is 9.97. The third-order valence-corrected chi connectivity index (χ3v) is 6.56. The predicted octanol–water partition coefficient (Wildman–Crippen LogP) is 5.31. The molecular weight excluding hydrogens is 454 g/mol. The first-order chi connectivity index (χ1) is 15.9. The number of aliphatic hydroxyl groups is 1. The van der Waals surface area contributed by atoms with Gasteiger partial charge in [-0.3, -0.25) is 14.5 Å². The number of carbonyl (C=O) groups excluding carboxylic acids is 1. The Morgan fingerprint density at radius 3 is 2.70 bits per heavy atom. The van der Waals surface area contributed by atoms with Gasteiger partial charge in [0.15, 0.2) is 0 Å². The van der Waals surface area contributed by atoms with Crippen molar-refractivity contribution in [2.45, 2.75) is 26.0 Å². The number of nitrogens with one attached hydrogen (secondary N) is 1. The first kappa shape index (κ1) is 21.4. The van der Waals surface area contributed by atoms with Crippen LogP contribution in [0.1, 0.15) is 24.3 Å². The molecule has 166 valence electrons. The van der Waals surface area contributed by atoms with E-state index in [4.69, 9.17) is 0 Å². The number of hydrogen-bond acceptors (Lipinski definition) is 7. The van der Waals surface area contributed by atoms with E-state index in [2.05, 4.69) is 20.4 Å². The highest BCUT2D eigenvalue weighted by Gasteiger charge is 2.18. The van der Waals surface area contributed by atoms with Gasteiger partial charge in [0.25, 0.3) is 5.91 Å². The minimum absolute atomic E-state index is 0.272. The molecule has 0 saturated heterocycles. The van der Waals surface area contributed by atoms with Crippen LogP contribution in [0.3, 0.4) is 0 Å². The fourth-order valence-corrected chi connectivity index (χ4v) is 5.01. The third kappa shape index (κ3) is 4.70. The molecule has 0 radical (unpaired) electrons. The number of amides is 1. The summed E-state index contributed by atoms with van der Waals surface area (Å²) in [7, 11) is 0. The van der Waals surface area contributed by atoms with Crippen LogP contribution in [-0.4, -0.2) is 36.4 Å². The standard InChI is InChI=1S/C24H21N5O2S2/c1-24(2,31)14-29-11-17-9-20(18(10-19(17)28-29)16-5-8-32-12-16)26-22(30)21-13-33-23(27-21)15-3-6-25-7-4-15/h3-13,31H,14H2,1-2H3,(H,26,30). The zero-order chi connectivity index (χ0) is 23.0. The van der Waals surface area contributed by atoms with E-state index < -0.39 is 5.60 Å². The van der Waals surface area contributed by atoms with Crippen molar-refractivity contribution in [2.75, 3.05) is 5.32 Å². The van der Waals surface area contributed by atoms with Crippen LogP contribution >= 0.6 is 22.7 Å². The lowest BCUT2D eigenvalue weighted by Crippen LogP contribution is -2.26. The number of hydrogen-bond donors (Lipinski definition) is 2. The molecule has 5 rings (SSSR count). The molecule has 0 aliphatic rings. The van der Waals surface area contributed by atoms with Crippen LogP contribution in [-0.2, 0) is 6.54 Å². The van der Waals surface area contributed by atoms with Gasteiger partial charge in [-0.05, 0) is 60.5 Å². The summed E-state index contributed by atoms with van der Waals surface area (Å²) in [4.78, 5) is 21.6. The van der Waals surface area contributed by atoms with Gasteiger partial charge in [0.1, 0.15) is 10.7 Å². The molecule has 0 saturated carbocycles. The molecule has 0 aliphatic carbocycles. The molecule has 0 bridgehead atoms. The molecule has 4 aromatic heterocycles. The summed E-state index contributed by atoms with van der Waals surface area (Å²) in [6, 6.07) is 9.64. The van der Waals surface area contributed by atoms with Gasteiger partial charge in [-0.15, -0.1) is 11.3 Å². The van der Waals surface area contributed by atoms with Crippen LogP contribution in [0.15, 0.2) is 65.1 Å². The molecule has 33 heavy (non-hydrogen) atoms. The summed E-state index contributed by atoms with van der Waals surface area (Å²) >= 11 is 3.01. The van der Waals surface area contributed by atoms with Gasteiger partial charge in [0.2, 0.25) is 0 Å². The molecule has 9 heteroatoms. The topological polar surface area (TPSA) is 92.9 Å². The minimum atomic E-state index is -0.883. The molecule has 1 aromatic carbocycles. The van der Waals surface area contributed by atoms with Crippen molar-refractivity contribution in [3.63, 3.8) is 0 Å². The summed E-state index contributed by atoms with van der Waals surface area (Å²) in [5.74, 6) is -0.272. The lowest BCUT2D eigenvalue weighted by Gasteiger charge is -2.16. The van der Waals surface area contributed by atoms with E-state index >= 15 is 0 Å². The zero-order valence-corrected chi connectivity index (χ0v) is 19.7. The van der Waals surface area contributed by atoms with Gasteiger partial charge in [-0.25, -0.2) is 4.98 Å². The van der Waals surface area contributed by atoms with Crippen molar-refractivity contribution in [1.29, 1.82) is 0 Å². The van der Waals surface area contributed by atoms with E-state index in [1.165, 1.54) is 11.3 Å². The minimum Gasteiger partial charge on any atom is -0.389 e. The van der Waals surface area contributed by atoms with Crippen molar-refractivity contribution < 1.29 is 9.90 Å². The number of carbonyl (C=O) groups is 1. The summed E-state index contributed by atoms with van der Waals surface area (Å²) < 4.78 is 1.73. The molecule has 1 amide bonds. The molecule has 0 fully saturated rings. The Morgan fingerprint density at radius 1 is 1.15 bits per heavy atom. The molecule has 0 aliphatic heterocycles. The number of fused-ring (bicyclic) bond motifs is 1. The van der Waals surface area contributed by atoms with Gasteiger partial charge in [-0.2, -0.15) is 16.4 Å². The quantitative estimate of drug-likeness (QED) is 0.347. The number of thiophene rings is 1. The fourth-order valence-electron chi connectivity index (χ4n) is 3.55. The van der Waals surface area contributed by atoms with Crippen LogP contribution in [0.5, 0.6) is 0 Å². The first-order valence-electron chi connectivity index (χ1n) is 10.3. The Bertz CT molecular complexity index is 1420. The van der Waals surface area contributed by atoms with Crippen LogP contribution < -0.4 is 5.32 Å². The third-order valence-electron chi connectivity index (χ3n) is 4.98. The molecule has 0 spiro atoms. The maximum absolute atomic E-state index is 13.1. The van der Waals surface area contributed by atoms with Gasteiger partial charge >= 0.3 is 0 Å². The van der Waals surface area contributed by atoms with Crippen molar-refractivity contribution >= 4 is 45.2 Å². The highest BCUT2D eigenvalue weighted by atomic mass is 32.1. The maximum atomic E-state index is 13.1. The average molecular weight is 476 g/mol. The monoisotopic (exact) mass is 475 g/mol. The normalized spacial score (nSPS) is 11.7. The molecule has 7 nitrogen and oxygen atoms in total. The van der Waals surface area contributed by atoms with Crippen molar-refractivity contribution in [2.24, 2.45) is 0 Å². The Balaban J connectivity index is 1.49. The number of thiazole rings is 1. The number of benzene rings is 1. The van der Waals surface area contributed by atoms with Gasteiger partial charge in [0, 0.05) is 46.2 Å². The molecule has 4 heterocycles. The summed E-state index contributed by atoms with van der Waals surface area (Å²) in [6.45, 7) is 3.86. The summed E-state index contributed by atoms with van der Waals surface area (Å²) in [6.07, 6.45) is 5.29. The molecule has 0 atom stereocenters. The number of anilines is 1. The lowest BCUT2D eigenvalue weighted by atomic mass is 10.0. The van der Waals surface area contributed by atoms with E-state index in [1.54, 1.807) is 47.6 Å². The van der Waals surface area contributed by atoms with Crippen molar-refractivity contribution in [1.82, 2.24) is 19.7 Å². The largest absolute Gasteiger partial charge is 0.389 e. The molecule has 5 aromatic rings. The van der Waals surface area contributed by atoms with Crippen LogP contribution in [0.25, 0.3) is 32.6 Å². The van der Waals surface area contributed by atoms with E-state index in [0.717, 1.165) is 32.6 Å². The summed E-state index contributed by atoms with van der Waals surface area (Å²) in [5.41, 5.74) is 3.78. The maximum Gasteiger partial charge on any atom is 0.275 e. The van der Waals surface area contributed by atoms with E-state index in [9.17, 15) is 9.90 Å². The highest BCUT2D eigenvalue weighted by molar-refractivity contribution is 7.13.